The number of rotatable bonds is 6. The van der Waals surface area contributed by atoms with Crippen molar-refractivity contribution in [3.63, 3.8) is 0 Å². The molecule has 0 fully saturated rings. The molecular weight excluding hydrogens is 374 g/mol. The van der Waals surface area contributed by atoms with E-state index in [1.165, 1.54) is 15.9 Å². The normalized spacial score (nSPS) is 13.8. The summed E-state index contributed by atoms with van der Waals surface area (Å²) >= 11 is 6.51. The smallest absolute Gasteiger partial charge is 0.322 e. The van der Waals surface area contributed by atoms with Gasteiger partial charge < -0.3 is 15.5 Å². The van der Waals surface area contributed by atoms with Gasteiger partial charge in [0.1, 0.15) is 6.54 Å². The Morgan fingerprint density at radius 3 is 2.88 bits per heavy atom. The van der Waals surface area contributed by atoms with Crippen LogP contribution in [-0.2, 0) is 16.1 Å². The number of allylic oxidation sites excluding steroid dienone is 1. The van der Waals surface area contributed by atoms with Crippen molar-refractivity contribution in [3.05, 3.63) is 38.7 Å². The van der Waals surface area contributed by atoms with Crippen molar-refractivity contribution >= 4 is 59.0 Å². The molecule has 2 heterocycles. The number of carbonyl (C=O) groups is 2. The molecular formula is C17H15N3O4S2. The molecule has 3 N–H and O–H groups in total. The number of aromatic hydroxyl groups is 1. The topological polar surface area (TPSA) is 104 Å². The molecule has 9 heteroatoms. The average Bonchev–Trinajstić information content (AvgIpc) is 3.13. The highest BCUT2D eigenvalue weighted by Gasteiger charge is 2.16. The minimum atomic E-state index is -1.11. The molecule has 0 aliphatic carbocycles. The van der Waals surface area contributed by atoms with Gasteiger partial charge in [0.15, 0.2) is 3.95 Å². The van der Waals surface area contributed by atoms with E-state index in [9.17, 15) is 14.7 Å². The first-order chi connectivity index (χ1) is 12.5. The summed E-state index contributed by atoms with van der Waals surface area (Å²) < 4.78 is 1.90. The maximum Gasteiger partial charge on any atom is 0.322 e. The van der Waals surface area contributed by atoms with E-state index < -0.39 is 18.4 Å². The highest BCUT2D eigenvalue weighted by molar-refractivity contribution is 7.73. The minimum Gasteiger partial charge on any atom is -0.493 e. The summed E-state index contributed by atoms with van der Waals surface area (Å²) in [5, 5.41) is 21.3. The fourth-order valence-corrected chi connectivity index (χ4v) is 3.79. The second-order valence-corrected chi connectivity index (χ2v) is 7.18. The van der Waals surface area contributed by atoms with Crippen LogP contribution in [0.25, 0.3) is 11.6 Å². The molecule has 7 nitrogen and oxygen atoms in total. The summed E-state index contributed by atoms with van der Waals surface area (Å²) in [4.78, 5) is 27.0. The number of aliphatic carboxylic acids is 1. The van der Waals surface area contributed by atoms with Crippen LogP contribution < -0.4 is 5.32 Å². The molecule has 3 rings (SSSR count). The van der Waals surface area contributed by atoms with Gasteiger partial charge in [0.25, 0.3) is 0 Å². The molecule has 0 spiro atoms. The van der Waals surface area contributed by atoms with Crippen LogP contribution in [0.1, 0.15) is 16.9 Å². The number of carbonyl (C=O) groups excluding carboxylic acids is 1. The van der Waals surface area contributed by atoms with Crippen LogP contribution in [0.5, 0.6) is 5.88 Å². The van der Waals surface area contributed by atoms with Crippen LogP contribution in [0.3, 0.4) is 0 Å². The molecule has 0 radical (unpaired) electrons. The number of fused-ring (bicyclic) bond motifs is 1. The summed E-state index contributed by atoms with van der Waals surface area (Å²) in [5.74, 6) is -1.55. The maximum absolute atomic E-state index is 11.6. The summed E-state index contributed by atoms with van der Waals surface area (Å²) in [6.45, 7) is -0.267. The number of nitrogens with zero attached hydrogens (tertiary/aromatic N) is 2. The maximum atomic E-state index is 11.6. The van der Waals surface area contributed by atoms with Crippen molar-refractivity contribution in [3.8, 4) is 5.88 Å². The molecule has 1 aromatic heterocycles. The summed E-state index contributed by atoms with van der Waals surface area (Å²) in [6.07, 6.45) is 3.56. The number of carboxylic acid groups (broad SMARTS) is 1. The fraction of sp³-hybridized carbons (Fsp3) is 0.176. The molecule has 1 aliphatic heterocycles. The quantitative estimate of drug-likeness (QED) is 0.659. The van der Waals surface area contributed by atoms with Crippen molar-refractivity contribution in [2.24, 2.45) is 4.99 Å². The number of benzene rings is 1. The number of aliphatic imine (C=N–C) groups is 1. The molecule has 2 aromatic rings. The number of thiazole rings is 1. The van der Waals surface area contributed by atoms with E-state index in [-0.39, 0.29) is 18.8 Å². The number of carboxylic acids is 1. The zero-order valence-electron chi connectivity index (χ0n) is 13.5. The van der Waals surface area contributed by atoms with E-state index in [1.807, 2.05) is 30.3 Å². The van der Waals surface area contributed by atoms with E-state index in [2.05, 4.69) is 10.3 Å². The average molecular weight is 389 g/mol. The number of nitrogens with one attached hydrogen (secondary N) is 1. The first-order valence-electron chi connectivity index (χ1n) is 7.72. The number of para-hydroxylation sites is 1. The van der Waals surface area contributed by atoms with Crippen molar-refractivity contribution in [2.45, 2.75) is 13.0 Å². The molecule has 1 amide bonds. The zero-order chi connectivity index (χ0) is 18.7. The number of hydrogen-bond acceptors (Lipinski definition) is 6. The van der Waals surface area contributed by atoms with Crippen molar-refractivity contribution in [2.75, 3.05) is 6.54 Å². The molecule has 0 saturated carbocycles. The minimum absolute atomic E-state index is 0.0173. The van der Waals surface area contributed by atoms with Gasteiger partial charge in [-0.3, -0.25) is 19.1 Å². The van der Waals surface area contributed by atoms with Gasteiger partial charge in [0, 0.05) is 30.3 Å². The third-order valence-corrected chi connectivity index (χ3v) is 5.12. The van der Waals surface area contributed by atoms with Gasteiger partial charge in [-0.15, -0.1) is 11.3 Å². The predicted molar refractivity (Wildman–Crippen MR) is 103 cm³/mol. The number of aromatic nitrogens is 1. The highest BCUT2D eigenvalue weighted by Crippen LogP contribution is 2.35. The molecule has 0 unspecified atom stereocenters. The van der Waals surface area contributed by atoms with Gasteiger partial charge in [-0.25, -0.2) is 0 Å². The zero-order valence-corrected chi connectivity index (χ0v) is 15.1. The molecule has 0 atom stereocenters. The van der Waals surface area contributed by atoms with E-state index in [0.717, 1.165) is 16.8 Å². The van der Waals surface area contributed by atoms with Crippen LogP contribution in [0, 0.1) is 3.95 Å². The molecule has 26 heavy (non-hydrogen) atoms. The van der Waals surface area contributed by atoms with Gasteiger partial charge in [-0.2, -0.15) is 0 Å². The lowest BCUT2D eigenvalue weighted by Gasteiger charge is -2.05. The molecule has 134 valence electrons. The van der Waals surface area contributed by atoms with Crippen molar-refractivity contribution < 1.29 is 19.8 Å². The standard InChI is InChI=1S/C17H15N3O4S2/c21-14(19-9-15(22)23)5-6-20-16(24)13(26-17(20)25)7-10-8-18-12-4-2-1-3-11(10)12/h1-4,7-8,24H,5-6,9H2,(H,19,21)(H,22,23)/b10-7-. The Labute approximate surface area is 157 Å². The second-order valence-electron chi connectivity index (χ2n) is 5.50. The molecule has 1 aromatic carbocycles. The van der Waals surface area contributed by atoms with Gasteiger partial charge in [0.05, 0.1) is 10.6 Å². The Morgan fingerprint density at radius 2 is 2.12 bits per heavy atom. The first kappa shape index (κ1) is 18.0. The largest absolute Gasteiger partial charge is 0.493 e. The van der Waals surface area contributed by atoms with Gasteiger partial charge in [0.2, 0.25) is 11.8 Å². The highest BCUT2D eigenvalue weighted by atomic mass is 32.1. The van der Waals surface area contributed by atoms with Gasteiger partial charge in [-0.05, 0) is 24.4 Å². The van der Waals surface area contributed by atoms with E-state index >= 15 is 0 Å². The third-order valence-electron chi connectivity index (χ3n) is 3.74. The van der Waals surface area contributed by atoms with Crippen LogP contribution in [0.2, 0.25) is 0 Å². The van der Waals surface area contributed by atoms with Crippen molar-refractivity contribution in [1.82, 2.24) is 9.88 Å². The summed E-state index contributed by atoms with van der Waals surface area (Å²) in [6, 6.07) is 7.69. The van der Waals surface area contributed by atoms with Crippen LogP contribution in [0.4, 0.5) is 5.69 Å². The fourth-order valence-electron chi connectivity index (χ4n) is 2.48. The predicted octanol–water partition coefficient (Wildman–Crippen LogP) is 2.83. The number of amides is 1. The third kappa shape index (κ3) is 3.89. The van der Waals surface area contributed by atoms with Crippen LogP contribution in [0.15, 0.2) is 29.3 Å². The molecule has 0 saturated heterocycles. The second kappa shape index (κ2) is 7.63. The van der Waals surface area contributed by atoms with E-state index in [1.54, 1.807) is 6.21 Å². The Bertz CT molecular complexity index is 988. The van der Waals surface area contributed by atoms with Gasteiger partial charge in [-0.1, -0.05) is 18.2 Å². The van der Waals surface area contributed by atoms with Crippen LogP contribution >= 0.6 is 23.6 Å². The monoisotopic (exact) mass is 389 g/mol. The summed E-state index contributed by atoms with van der Waals surface area (Å²) in [7, 11) is 0. The lowest BCUT2D eigenvalue weighted by Crippen LogP contribution is -2.29. The SMILES string of the molecule is O=C(O)CNC(=O)CCn1c(O)c(/C=C2/C=Nc3ccccc32)sc1=S. The van der Waals surface area contributed by atoms with E-state index in [4.69, 9.17) is 17.3 Å². The molecule has 0 bridgehead atoms. The number of hydrogen-bond donors (Lipinski definition) is 3. The molecule has 1 aliphatic rings. The van der Waals surface area contributed by atoms with Crippen molar-refractivity contribution in [1.29, 1.82) is 0 Å². The van der Waals surface area contributed by atoms with Gasteiger partial charge >= 0.3 is 5.97 Å². The van der Waals surface area contributed by atoms with E-state index in [0.29, 0.717) is 8.83 Å². The lowest BCUT2D eigenvalue weighted by molar-refractivity contribution is -0.138. The summed E-state index contributed by atoms with van der Waals surface area (Å²) in [5.41, 5.74) is 2.72. The first-order valence-corrected chi connectivity index (χ1v) is 8.94. The van der Waals surface area contributed by atoms with Crippen LogP contribution in [-0.4, -0.2) is 39.4 Å². The Kier molecular flexibility index (Phi) is 5.29. The Morgan fingerprint density at radius 1 is 1.35 bits per heavy atom. The Balaban J connectivity index is 1.76. The lowest BCUT2D eigenvalue weighted by atomic mass is 10.1. The Hall–Kier alpha value is -2.78.